The van der Waals surface area contributed by atoms with Crippen molar-refractivity contribution in [1.29, 1.82) is 0 Å². The van der Waals surface area contributed by atoms with Crippen LogP contribution in [0, 0.1) is 0 Å². The molecule has 10 heteroatoms. The van der Waals surface area contributed by atoms with Gasteiger partial charge in [-0.25, -0.2) is 0 Å². The van der Waals surface area contributed by atoms with Crippen LogP contribution in [0.4, 0.5) is 5.69 Å². The number of halogens is 1. The molecule has 1 unspecified atom stereocenters. The lowest BCUT2D eigenvalue weighted by Gasteiger charge is -2.23. The van der Waals surface area contributed by atoms with Crippen LogP contribution in [0.25, 0.3) is 11.1 Å². The molecule has 0 saturated carbocycles. The number of nitrogens with one attached hydrogen (secondary N) is 2. The fourth-order valence-electron chi connectivity index (χ4n) is 4.65. The largest absolute Gasteiger partial charge is 0.493 e. The molecule has 3 amide bonds. The Morgan fingerprint density at radius 1 is 0.925 bits per heavy atom. The van der Waals surface area contributed by atoms with E-state index in [4.69, 9.17) is 25.8 Å². The van der Waals surface area contributed by atoms with E-state index in [9.17, 15) is 14.4 Å². The van der Waals surface area contributed by atoms with Crippen LogP contribution in [-0.2, 0) is 4.79 Å². The molecule has 0 aliphatic carbocycles. The van der Waals surface area contributed by atoms with Gasteiger partial charge in [-0.2, -0.15) is 0 Å². The van der Waals surface area contributed by atoms with Crippen molar-refractivity contribution in [2.75, 3.05) is 39.8 Å². The Morgan fingerprint density at radius 2 is 1.60 bits per heavy atom. The minimum atomic E-state index is -0.618. The van der Waals surface area contributed by atoms with E-state index in [-0.39, 0.29) is 11.8 Å². The summed E-state index contributed by atoms with van der Waals surface area (Å²) in [6.07, 6.45) is 2.26. The molecular weight excluding hydrogens is 534 g/mol. The second kappa shape index (κ2) is 12.7. The third-order valence-electron chi connectivity index (χ3n) is 6.83. The molecule has 0 bridgehead atoms. The molecule has 9 nitrogen and oxygen atoms in total. The number of amides is 3. The molecule has 0 aromatic heterocycles. The van der Waals surface area contributed by atoms with E-state index < -0.39 is 11.9 Å². The van der Waals surface area contributed by atoms with Gasteiger partial charge in [0.2, 0.25) is 11.7 Å². The van der Waals surface area contributed by atoms with Crippen molar-refractivity contribution < 1.29 is 28.6 Å². The molecule has 1 fully saturated rings. The molecule has 3 aromatic carbocycles. The summed E-state index contributed by atoms with van der Waals surface area (Å²) < 4.78 is 16.2. The first-order valence-electron chi connectivity index (χ1n) is 12.8. The normalized spacial score (nSPS) is 14.9. The van der Waals surface area contributed by atoms with E-state index in [0.29, 0.717) is 57.6 Å². The maximum absolute atomic E-state index is 13.8. The zero-order chi connectivity index (χ0) is 28.8. The van der Waals surface area contributed by atoms with Gasteiger partial charge in [0, 0.05) is 35.3 Å². The lowest BCUT2D eigenvalue weighted by molar-refractivity contribution is -0.122. The second-order valence-corrected chi connectivity index (χ2v) is 9.77. The SMILES string of the molecule is COc1cc(C(=O)N(C)c2cc(C(=O)NC3CCCCNC3=O)ccc2-c2ccc(Cl)cc2)cc(OC)c1OC. The number of hydrogen-bond acceptors (Lipinski definition) is 6. The molecule has 0 spiro atoms. The van der Waals surface area contributed by atoms with E-state index >= 15 is 0 Å². The van der Waals surface area contributed by atoms with E-state index in [2.05, 4.69) is 10.6 Å². The molecule has 1 saturated heterocycles. The zero-order valence-electron chi connectivity index (χ0n) is 22.9. The Kier molecular flexibility index (Phi) is 9.16. The van der Waals surface area contributed by atoms with Crippen LogP contribution >= 0.6 is 11.6 Å². The summed E-state index contributed by atoms with van der Waals surface area (Å²) in [4.78, 5) is 40.9. The Hall–Kier alpha value is -4.24. The van der Waals surface area contributed by atoms with Gasteiger partial charge in [-0.15, -0.1) is 0 Å². The number of carbonyl (C=O) groups is 3. The fraction of sp³-hybridized carbons (Fsp3) is 0.300. The number of nitrogens with zero attached hydrogens (tertiary/aromatic N) is 1. The molecule has 1 heterocycles. The highest BCUT2D eigenvalue weighted by Gasteiger charge is 2.26. The first kappa shape index (κ1) is 28.8. The number of ether oxygens (including phenoxy) is 3. The van der Waals surface area contributed by atoms with Gasteiger partial charge in [-0.3, -0.25) is 14.4 Å². The number of methoxy groups -OCH3 is 3. The first-order valence-corrected chi connectivity index (χ1v) is 13.2. The van der Waals surface area contributed by atoms with Crippen molar-refractivity contribution in [2.24, 2.45) is 0 Å². The molecular formula is C30H32ClN3O6. The third kappa shape index (κ3) is 6.15. The van der Waals surface area contributed by atoms with Crippen LogP contribution in [0.1, 0.15) is 40.0 Å². The predicted octanol–water partition coefficient (Wildman–Crippen LogP) is 4.71. The smallest absolute Gasteiger partial charge is 0.258 e. The van der Waals surface area contributed by atoms with Gasteiger partial charge >= 0.3 is 0 Å². The maximum Gasteiger partial charge on any atom is 0.258 e. The maximum atomic E-state index is 13.8. The monoisotopic (exact) mass is 565 g/mol. The summed E-state index contributed by atoms with van der Waals surface area (Å²) in [6, 6.07) is 14.8. The van der Waals surface area contributed by atoms with Gasteiger partial charge in [0.05, 0.1) is 27.0 Å². The van der Waals surface area contributed by atoms with Crippen LogP contribution in [0.3, 0.4) is 0 Å². The van der Waals surface area contributed by atoms with Gasteiger partial charge in [-0.05, 0) is 61.2 Å². The van der Waals surface area contributed by atoms with Crippen LogP contribution in [0.2, 0.25) is 5.02 Å². The molecule has 0 radical (unpaired) electrons. The minimum Gasteiger partial charge on any atom is -0.493 e. The summed E-state index contributed by atoms with van der Waals surface area (Å²) in [7, 11) is 6.07. The first-order chi connectivity index (χ1) is 19.3. The summed E-state index contributed by atoms with van der Waals surface area (Å²) in [6.45, 7) is 0.596. The van der Waals surface area contributed by atoms with Crippen LogP contribution in [0.5, 0.6) is 17.2 Å². The molecule has 1 aliphatic rings. The van der Waals surface area contributed by atoms with E-state index in [1.165, 1.54) is 26.2 Å². The van der Waals surface area contributed by atoms with Gasteiger partial charge < -0.3 is 29.7 Å². The highest BCUT2D eigenvalue weighted by atomic mass is 35.5. The molecule has 3 aromatic rings. The zero-order valence-corrected chi connectivity index (χ0v) is 23.6. The average Bonchev–Trinajstić information content (AvgIpc) is 3.18. The number of anilines is 1. The van der Waals surface area contributed by atoms with Gasteiger partial charge in [-0.1, -0.05) is 29.8 Å². The Morgan fingerprint density at radius 3 is 2.23 bits per heavy atom. The van der Waals surface area contributed by atoms with Crippen molar-refractivity contribution in [3.05, 3.63) is 70.7 Å². The molecule has 4 rings (SSSR count). The van der Waals surface area contributed by atoms with Gasteiger partial charge in [0.15, 0.2) is 11.5 Å². The van der Waals surface area contributed by atoms with E-state index in [0.717, 1.165) is 18.4 Å². The third-order valence-corrected chi connectivity index (χ3v) is 7.09. The van der Waals surface area contributed by atoms with Crippen molar-refractivity contribution >= 4 is 35.0 Å². The highest BCUT2D eigenvalue weighted by Crippen LogP contribution is 2.39. The average molecular weight is 566 g/mol. The lowest BCUT2D eigenvalue weighted by Crippen LogP contribution is -2.45. The predicted molar refractivity (Wildman–Crippen MR) is 154 cm³/mol. The number of hydrogen-bond donors (Lipinski definition) is 2. The molecule has 210 valence electrons. The van der Waals surface area contributed by atoms with Crippen LogP contribution < -0.4 is 29.7 Å². The van der Waals surface area contributed by atoms with Crippen molar-refractivity contribution in [2.45, 2.75) is 25.3 Å². The van der Waals surface area contributed by atoms with Crippen molar-refractivity contribution in [3.8, 4) is 28.4 Å². The Bertz CT molecular complexity index is 1380. The van der Waals surface area contributed by atoms with E-state index in [1.807, 2.05) is 12.1 Å². The summed E-state index contributed by atoms with van der Waals surface area (Å²) in [5.41, 5.74) is 2.61. The highest BCUT2D eigenvalue weighted by molar-refractivity contribution is 6.30. The lowest BCUT2D eigenvalue weighted by atomic mass is 9.99. The number of rotatable bonds is 8. The fourth-order valence-corrected chi connectivity index (χ4v) is 4.78. The van der Waals surface area contributed by atoms with Crippen molar-refractivity contribution in [1.82, 2.24) is 10.6 Å². The van der Waals surface area contributed by atoms with Crippen LogP contribution in [-0.4, -0.2) is 58.7 Å². The summed E-state index contributed by atoms with van der Waals surface area (Å²) in [5, 5.41) is 6.25. The second-order valence-electron chi connectivity index (χ2n) is 9.33. The standard InChI is InChI=1S/C30H32ClN3O6/c1-34(30(37)20-16-25(38-2)27(40-4)26(17-20)39-3)24-15-19(10-13-22(24)18-8-11-21(31)12-9-18)28(35)33-23-7-5-6-14-32-29(23)36/h8-13,15-17,23H,5-7,14H2,1-4H3,(H,32,36)(H,33,35). The van der Waals surface area contributed by atoms with Crippen LogP contribution in [0.15, 0.2) is 54.6 Å². The molecule has 2 N–H and O–H groups in total. The topological polar surface area (TPSA) is 106 Å². The van der Waals surface area contributed by atoms with Gasteiger partial charge in [0.1, 0.15) is 6.04 Å². The summed E-state index contributed by atoms with van der Waals surface area (Å²) in [5.74, 6) is 0.0817. The number of benzene rings is 3. The minimum absolute atomic E-state index is 0.196. The Labute approximate surface area is 238 Å². The van der Waals surface area contributed by atoms with E-state index in [1.54, 1.807) is 49.5 Å². The summed E-state index contributed by atoms with van der Waals surface area (Å²) >= 11 is 6.11. The molecule has 40 heavy (non-hydrogen) atoms. The van der Waals surface area contributed by atoms with Crippen molar-refractivity contribution in [3.63, 3.8) is 0 Å². The molecule has 1 atom stereocenters. The quantitative estimate of drug-likeness (QED) is 0.410. The van der Waals surface area contributed by atoms with Gasteiger partial charge in [0.25, 0.3) is 11.8 Å². The Balaban J connectivity index is 1.74. The number of carbonyl (C=O) groups excluding carboxylic acids is 3. The molecule has 1 aliphatic heterocycles.